The van der Waals surface area contributed by atoms with Gasteiger partial charge in [-0.25, -0.2) is 4.99 Å². The highest BCUT2D eigenvalue weighted by molar-refractivity contribution is 14.1. The minimum absolute atomic E-state index is 0.0834. The van der Waals surface area contributed by atoms with E-state index in [-0.39, 0.29) is 15.3 Å². The molecule has 0 spiro atoms. The van der Waals surface area contributed by atoms with Crippen molar-refractivity contribution in [2.75, 3.05) is 19.6 Å². The first-order chi connectivity index (χ1) is 16.9. The first-order valence-electron chi connectivity index (χ1n) is 12.1. The van der Waals surface area contributed by atoms with Crippen molar-refractivity contribution in [3.8, 4) is 11.8 Å². The molecule has 0 bridgehead atoms. The molecule has 180 valence electrons. The molecule has 35 heavy (non-hydrogen) atoms. The molecule has 6 heteroatoms. The fourth-order valence-electron chi connectivity index (χ4n) is 4.58. The second-order valence-corrected chi connectivity index (χ2v) is 11.5. The summed E-state index contributed by atoms with van der Waals surface area (Å²) in [4.78, 5) is 21.7. The van der Waals surface area contributed by atoms with Crippen LogP contribution in [0.1, 0.15) is 60.5 Å². The number of rotatable bonds is 4. The number of alkyl halides is 1. The molecule has 1 saturated heterocycles. The Bertz CT molecular complexity index is 1200. The molecule has 1 aliphatic carbocycles. The van der Waals surface area contributed by atoms with Crippen molar-refractivity contribution in [2.45, 2.75) is 42.6 Å². The third-order valence-electron chi connectivity index (χ3n) is 6.69. The van der Waals surface area contributed by atoms with E-state index >= 15 is 0 Å². The summed E-state index contributed by atoms with van der Waals surface area (Å²) in [7, 11) is 0. The Morgan fingerprint density at radius 3 is 2.60 bits per heavy atom. The highest BCUT2D eigenvalue weighted by Crippen LogP contribution is 2.37. The van der Waals surface area contributed by atoms with Crippen LogP contribution in [-0.4, -0.2) is 50.9 Å². The lowest BCUT2D eigenvalue weighted by molar-refractivity contribution is 0.0571. The summed E-state index contributed by atoms with van der Waals surface area (Å²) >= 11 is 2.39. The van der Waals surface area contributed by atoms with E-state index < -0.39 is 0 Å². The van der Waals surface area contributed by atoms with Gasteiger partial charge in [0.05, 0.1) is 18.5 Å². The van der Waals surface area contributed by atoms with Gasteiger partial charge in [-0.2, -0.15) is 0 Å². The summed E-state index contributed by atoms with van der Waals surface area (Å²) in [5.74, 6) is 6.81. The molecule has 1 heterocycles. The highest BCUT2D eigenvalue weighted by atomic mass is 127. The van der Waals surface area contributed by atoms with Gasteiger partial charge in [-0.05, 0) is 68.4 Å². The van der Waals surface area contributed by atoms with E-state index in [0.29, 0.717) is 25.6 Å². The van der Waals surface area contributed by atoms with Crippen molar-refractivity contribution in [1.29, 1.82) is 5.41 Å². The number of allylic oxidation sites excluding steroid dienone is 1. The number of carbonyl (C=O) groups excluding carboxylic acids is 1. The predicted molar refractivity (Wildman–Crippen MR) is 151 cm³/mol. The third kappa shape index (κ3) is 6.02. The fourth-order valence-corrected chi connectivity index (χ4v) is 5.49. The number of carbonyl (C=O) groups is 1. The van der Waals surface area contributed by atoms with Crippen LogP contribution in [0.3, 0.4) is 0 Å². The largest absolute Gasteiger partial charge is 0.351 e. The van der Waals surface area contributed by atoms with Crippen molar-refractivity contribution >= 4 is 40.5 Å². The molecule has 2 fully saturated rings. The van der Waals surface area contributed by atoms with E-state index in [4.69, 9.17) is 5.41 Å². The standard InChI is InChI=1S/C29H31IN4O/c1-3-26(27(31)32-17-9-12-22-10-5-4-6-11-22)34-19-18-33(21-29(34,2)30)28(35)25-16-8-15-24(20-25)23-13-7-14-23/h3-6,8,10-11,15-17,20,23,31H,7,13-14,18-19,21H2,1-2H3. The van der Waals surface area contributed by atoms with E-state index in [0.717, 1.165) is 16.8 Å². The number of amidine groups is 1. The van der Waals surface area contributed by atoms with Crippen LogP contribution in [0.25, 0.3) is 0 Å². The summed E-state index contributed by atoms with van der Waals surface area (Å²) in [5.41, 5.74) is 3.72. The number of nitrogens with zero attached hydrogens (tertiary/aromatic N) is 3. The van der Waals surface area contributed by atoms with Crippen LogP contribution in [0, 0.1) is 17.3 Å². The summed E-state index contributed by atoms with van der Waals surface area (Å²) in [6.45, 7) is 5.84. The number of hydrogen-bond acceptors (Lipinski definition) is 3. The SMILES string of the molecule is CC=C(C(=N)N=CC#Cc1ccccc1)N1CCN(C(=O)c2cccc(C3CCC3)c2)CC1(C)I. The number of piperazine rings is 1. The Morgan fingerprint density at radius 2 is 1.94 bits per heavy atom. The molecule has 0 radical (unpaired) electrons. The van der Waals surface area contributed by atoms with Crippen LogP contribution in [0.4, 0.5) is 0 Å². The summed E-state index contributed by atoms with van der Waals surface area (Å²) in [5, 5.41) is 8.54. The quantitative estimate of drug-likeness (QED) is 0.123. The van der Waals surface area contributed by atoms with Gasteiger partial charge in [-0.3, -0.25) is 10.2 Å². The van der Waals surface area contributed by atoms with Gasteiger partial charge in [-0.15, -0.1) is 0 Å². The van der Waals surface area contributed by atoms with Crippen LogP contribution in [0.2, 0.25) is 0 Å². The zero-order valence-corrected chi connectivity index (χ0v) is 22.5. The van der Waals surface area contributed by atoms with Crippen molar-refractivity contribution in [3.63, 3.8) is 0 Å². The van der Waals surface area contributed by atoms with E-state index in [1.807, 2.05) is 60.4 Å². The van der Waals surface area contributed by atoms with Gasteiger partial charge in [0.25, 0.3) is 5.91 Å². The van der Waals surface area contributed by atoms with Gasteiger partial charge in [0, 0.05) is 24.2 Å². The Kier molecular flexibility index (Phi) is 8.07. The second kappa shape index (κ2) is 11.2. The van der Waals surface area contributed by atoms with Gasteiger partial charge in [-0.1, -0.05) is 71.3 Å². The summed E-state index contributed by atoms with van der Waals surface area (Å²) in [6.07, 6.45) is 7.13. The molecule has 0 aromatic heterocycles. The summed E-state index contributed by atoms with van der Waals surface area (Å²) in [6, 6.07) is 17.9. The van der Waals surface area contributed by atoms with Crippen molar-refractivity contribution in [2.24, 2.45) is 4.99 Å². The van der Waals surface area contributed by atoms with Crippen molar-refractivity contribution in [1.82, 2.24) is 9.80 Å². The maximum atomic E-state index is 13.3. The monoisotopic (exact) mass is 578 g/mol. The third-order valence-corrected chi connectivity index (χ3v) is 7.61. The van der Waals surface area contributed by atoms with Crippen LogP contribution < -0.4 is 0 Å². The maximum absolute atomic E-state index is 13.3. The van der Waals surface area contributed by atoms with E-state index in [1.165, 1.54) is 31.0 Å². The normalized spacial score (nSPS) is 20.8. The smallest absolute Gasteiger partial charge is 0.254 e. The van der Waals surface area contributed by atoms with Crippen LogP contribution in [0.5, 0.6) is 0 Å². The molecule has 1 N–H and O–H groups in total. The lowest BCUT2D eigenvalue weighted by atomic mass is 9.79. The molecule has 1 atom stereocenters. The Labute approximate surface area is 222 Å². The molecule has 1 amide bonds. The van der Waals surface area contributed by atoms with Crippen LogP contribution in [-0.2, 0) is 0 Å². The molecule has 1 unspecified atom stereocenters. The highest BCUT2D eigenvalue weighted by Gasteiger charge is 2.39. The van der Waals surface area contributed by atoms with Crippen molar-refractivity contribution in [3.05, 3.63) is 83.1 Å². The van der Waals surface area contributed by atoms with Gasteiger partial charge in [0.1, 0.15) is 3.55 Å². The first-order valence-corrected chi connectivity index (χ1v) is 13.2. The minimum atomic E-state index is -0.364. The average Bonchev–Trinajstić information content (AvgIpc) is 2.82. The second-order valence-electron chi connectivity index (χ2n) is 9.19. The lowest BCUT2D eigenvalue weighted by Crippen LogP contribution is -2.58. The fraction of sp³-hybridized carbons (Fsp3) is 0.345. The van der Waals surface area contributed by atoms with E-state index in [1.54, 1.807) is 0 Å². The Hall–Kier alpha value is -2.92. The molecule has 2 aliphatic rings. The van der Waals surface area contributed by atoms with Gasteiger partial charge < -0.3 is 9.80 Å². The van der Waals surface area contributed by atoms with Gasteiger partial charge >= 0.3 is 0 Å². The van der Waals surface area contributed by atoms with E-state index in [2.05, 4.69) is 63.4 Å². The Balaban J connectivity index is 1.42. The molecular weight excluding hydrogens is 547 g/mol. The Morgan fingerprint density at radius 1 is 1.17 bits per heavy atom. The molecule has 2 aromatic rings. The molecule has 1 aliphatic heterocycles. The molecule has 1 saturated carbocycles. The first kappa shape index (κ1) is 25.2. The predicted octanol–water partition coefficient (Wildman–Crippen LogP) is 5.87. The molecular formula is C29H31IN4O. The van der Waals surface area contributed by atoms with Crippen molar-refractivity contribution < 1.29 is 4.79 Å². The van der Waals surface area contributed by atoms with Gasteiger partial charge in [0.2, 0.25) is 0 Å². The van der Waals surface area contributed by atoms with E-state index in [9.17, 15) is 4.79 Å². The zero-order valence-electron chi connectivity index (χ0n) is 20.3. The van der Waals surface area contributed by atoms with Crippen LogP contribution in [0.15, 0.2) is 71.4 Å². The number of aliphatic imine (C=N–C) groups is 1. The molecule has 2 aromatic carbocycles. The molecule has 5 nitrogen and oxygen atoms in total. The summed E-state index contributed by atoms with van der Waals surface area (Å²) < 4.78 is -0.364. The van der Waals surface area contributed by atoms with Gasteiger partial charge in [0.15, 0.2) is 5.84 Å². The number of halogens is 1. The number of hydrogen-bond donors (Lipinski definition) is 1. The minimum Gasteiger partial charge on any atom is -0.351 e. The number of benzene rings is 2. The number of amides is 1. The average molecular weight is 578 g/mol. The maximum Gasteiger partial charge on any atom is 0.254 e. The molecule has 4 rings (SSSR count). The van der Waals surface area contributed by atoms with Crippen LogP contribution >= 0.6 is 22.6 Å². The topological polar surface area (TPSA) is 59.8 Å². The number of nitrogens with one attached hydrogen (secondary N) is 1. The lowest BCUT2D eigenvalue weighted by Gasteiger charge is -2.47. The zero-order chi connectivity index (χ0) is 24.8.